The minimum atomic E-state index is -0.282. The quantitative estimate of drug-likeness (QED) is 0.753. The Morgan fingerprint density at radius 3 is 2.63 bits per heavy atom. The van der Waals surface area contributed by atoms with Crippen molar-refractivity contribution in [1.82, 2.24) is 9.80 Å². The normalized spacial score (nSPS) is 16.2. The van der Waals surface area contributed by atoms with Gasteiger partial charge in [-0.05, 0) is 30.7 Å². The molecule has 0 radical (unpaired) electrons. The van der Waals surface area contributed by atoms with Crippen LogP contribution in [0.5, 0.6) is 0 Å². The fourth-order valence-electron chi connectivity index (χ4n) is 2.20. The highest BCUT2D eigenvalue weighted by molar-refractivity contribution is 5.94. The summed E-state index contributed by atoms with van der Waals surface area (Å²) >= 11 is 0. The van der Waals surface area contributed by atoms with Crippen molar-refractivity contribution in [2.24, 2.45) is 0 Å². The van der Waals surface area contributed by atoms with Crippen LogP contribution in [0.15, 0.2) is 18.2 Å². The Morgan fingerprint density at radius 1 is 1.37 bits per heavy atom. The van der Waals surface area contributed by atoms with E-state index >= 15 is 0 Å². The maximum Gasteiger partial charge on any atom is 0.253 e. The van der Waals surface area contributed by atoms with Crippen LogP contribution in [-0.2, 0) is 0 Å². The van der Waals surface area contributed by atoms with Gasteiger partial charge < -0.3 is 4.90 Å². The van der Waals surface area contributed by atoms with Gasteiger partial charge in [0.2, 0.25) is 0 Å². The lowest BCUT2D eigenvalue weighted by molar-refractivity contribution is 0.0652. The van der Waals surface area contributed by atoms with Gasteiger partial charge in [0, 0.05) is 31.7 Å². The van der Waals surface area contributed by atoms with Crippen LogP contribution in [0.2, 0.25) is 0 Å². The van der Waals surface area contributed by atoms with Crippen LogP contribution in [0.1, 0.15) is 15.9 Å². The highest BCUT2D eigenvalue weighted by Crippen LogP contribution is 2.13. The Morgan fingerprint density at radius 2 is 2.05 bits per heavy atom. The van der Waals surface area contributed by atoms with Crippen molar-refractivity contribution < 1.29 is 9.18 Å². The summed E-state index contributed by atoms with van der Waals surface area (Å²) < 4.78 is 13.2. The summed E-state index contributed by atoms with van der Waals surface area (Å²) in [6, 6.07) is 4.49. The van der Waals surface area contributed by atoms with Crippen LogP contribution < -0.4 is 0 Å². The lowest BCUT2D eigenvalue weighted by Gasteiger charge is -2.33. The number of halogens is 1. The first-order chi connectivity index (χ1) is 9.11. The molecule has 0 aromatic heterocycles. The smallest absolute Gasteiger partial charge is 0.253 e. The highest BCUT2D eigenvalue weighted by atomic mass is 19.1. The second kappa shape index (κ2) is 5.85. The lowest BCUT2D eigenvalue weighted by atomic mass is 10.1. The van der Waals surface area contributed by atoms with Gasteiger partial charge in [-0.25, -0.2) is 4.39 Å². The summed E-state index contributed by atoms with van der Waals surface area (Å²) in [5, 5.41) is 0. The number of aryl methyl sites for hydroxylation is 1. The predicted molar refractivity (Wildman–Crippen MR) is 72.3 cm³/mol. The molecular weight excluding hydrogens is 243 g/mol. The largest absolute Gasteiger partial charge is 0.336 e. The highest BCUT2D eigenvalue weighted by Gasteiger charge is 2.21. The molecule has 1 aliphatic rings. The van der Waals surface area contributed by atoms with Gasteiger partial charge in [0.1, 0.15) is 5.82 Å². The first kappa shape index (κ1) is 13.6. The topological polar surface area (TPSA) is 23.6 Å². The molecule has 0 bridgehead atoms. The minimum absolute atomic E-state index is 0.0385. The lowest BCUT2D eigenvalue weighted by Crippen LogP contribution is -2.48. The number of hydrogen-bond acceptors (Lipinski definition) is 2. The fourth-order valence-corrected chi connectivity index (χ4v) is 2.20. The van der Waals surface area contributed by atoms with Crippen molar-refractivity contribution in [1.29, 1.82) is 0 Å². The summed E-state index contributed by atoms with van der Waals surface area (Å²) in [4.78, 5) is 16.2. The van der Waals surface area contributed by atoms with E-state index in [-0.39, 0.29) is 11.7 Å². The molecule has 0 N–H and O–H groups in total. The molecule has 1 aromatic carbocycles. The molecule has 100 valence electrons. The number of benzene rings is 1. The Hall–Kier alpha value is -1.86. The Labute approximate surface area is 113 Å². The first-order valence-corrected chi connectivity index (χ1v) is 6.33. The number of terminal acetylenes is 1. The van der Waals surface area contributed by atoms with E-state index in [2.05, 4.69) is 10.8 Å². The van der Waals surface area contributed by atoms with E-state index < -0.39 is 0 Å². The van der Waals surface area contributed by atoms with Gasteiger partial charge in [0.25, 0.3) is 5.91 Å². The van der Waals surface area contributed by atoms with Gasteiger partial charge in [0.15, 0.2) is 0 Å². The number of rotatable bonds is 2. The number of carbonyl (C=O) groups is 1. The van der Waals surface area contributed by atoms with E-state index in [1.54, 1.807) is 24.0 Å². The Kier molecular flexibility index (Phi) is 4.18. The van der Waals surface area contributed by atoms with Crippen LogP contribution in [0.25, 0.3) is 0 Å². The summed E-state index contributed by atoms with van der Waals surface area (Å²) in [6.45, 7) is 5.19. The monoisotopic (exact) mass is 260 g/mol. The summed E-state index contributed by atoms with van der Waals surface area (Å²) in [6.07, 6.45) is 5.27. The molecule has 1 heterocycles. The van der Waals surface area contributed by atoms with Gasteiger partial charge in [-0.15, -0.1) is 6.42 Å². The van der Waals surface area contributed by atoms with Crippen molar-refractivity contribution in [2.75, 3.05) is 32.7 Å². The van der Waals surface area contributed by atoms with Gasteiger partial charge >= 0.3 is 0 Å². The zero-order valence-corrected chi connectivity index (χ0v) is 11.0. The van der Waals surface area contributed by atoms with Crippen LogP contribution in [0, 0.1) is 25.1 Å². The van der Waals surface area contributed by atoms with Crippen molar-refractivity contribution in [3.05, 3.63) is 35.1 Å². The molecule has 0 saturated carbocycles. The maximum absolute atomic E-state index is 13.2. The molecule has 0 spiro atoms. The van der Waals surface area contributed by atoms with Gasteiger partial charge in [0.05, 0.1) is 6.54 Å². The van der Waals surface area contributed by atoms with Crippen LogP contribution in [-0.4, -0.2) is 48.4 Å². The number of carbonyl (C=O) groups excluding carboxylic acids is 1. The zero-order valence-electron chi connectivity index (χ0n) is 11.0. The second-order valence-electron chi connectivity index (χ2n) is 4.74. The average Bonchev–Trinajstić information content (AvgIpc) is 2.42. The number of nitrogens with zero attached hydrogens (tertiary/aromatic N) is 2. The van der Waals surface area contributed by atoms with Crippen LogP contribution >= 0.6 is 0 Å². The predicted octanol–water partition coefficient (Wildman–Crippen LogP) is 1.53. The Balaban J connectivity index is 2.01. The fraction of sp³-hybridized carbons (Fsp3) is 0.400. The number of piperazine rings is 1. The molecule has 1 aromatic rings. The van der Waals surface area contributed by atoms with E-state index in [4.69, 9.17) is 6.42 Å². The molecule has 1 amide bonds. The third kappa shape index (κ3) is 3.12. The molecular formula is C15H17FN2O. The average molecular weight is 260 g/mol. The van der Waals surface area contributed by atoms with E-state index in [1.807, 2.05) is 0 Å². The van der Waals surface area contributed by atoms with Gasteiger partial charge in [-0.1, -0.05) is 5.92 Å². The molecule has 0 aliphatic carbocycles. The molecule has 1 saturated heterocycles. The molecule has 1 aliphatic heterocycles. The van der Waals surface area contributed by atoms with Crippen LogP contribution in [0.3, 0.4) is 0 Å². The molecule has 3 nitrogen and oxygen atoms in total. The number of hydrogen-bond donors (Lipinski definition) is 0. The van der Waals surface area contributed by atoms with Crippen molar-refractivity contribution in [3.63, 3.8) is 0 Å². The molecule has 4 heteroatoms. The van der Waals surface area contributed by atoms with E-state index in [0.717, 1.165) is 13.1 Å². The zero-order chi connectivity index (χ0) is 13.8. The number of amides is 1. The van der Waals surface area contributed by atoms with Crippen molar-refractivity contribution >= 4 is 5.91 Å². The van der Waals surface area contributed by atoms with E-state index in [9.17, 15) is 9.18 Å². The van der Waals surface area contributed by atoms with Crippen molar-refractivity contribution in [3.8, 4) is 12.3 Å². The van der Waals surface area contributed by atoms with E-state index in [1.165, 1.54) is 6.07 Å². The summed E-state index contributed by atoms with van der Waals surface area (Å²) in [7, 11) is 0. The summed E-state index contributed by atoms with van der Waals surface area (Å²) in [5.74, 6) is 2.29. The Bertz CT molecular complexity index is 513. The van der Waals surface area contributed by atoms with Crippen LogP contribution in [0.4, 0.5) is 4.39 Å². The molecule has 0 unspecified atom stereocenters. The van der Waals surface area contributed by atoms with Gasteiger partial charge in [-0.2, -0.15) is 0 Å². The SMILES string of the molecule is C#CCN1CCN(C(=O)c2ccc(F)c(C)c2)CC1. The third-order valence-corrected chi connectivity index (χ3v) is 3.38. The maximum atomic E-state index is 13.2. The second-order valence-corrected chi connectivity index (χ2v) is 4.74. The molecule has 2 rings (SSSR count). The molecule has 0 atom stereocenters. The summed E-state index contributed by atoms with van der Waals surface area (Å²) in [5.41, 5.74) is 1.04. The first-order valence-electron chi connectivity index (χ1n) is 6.33. The van der Waals surface area contributed by atoms with Crippen molar-refractivity contribution in [2.45, 2.75) is 6.92 Å². The standard InChI is InChI=1S/C15H17FN2O/c1-3-6-17-7-9-18(10-8-17)15(19)13-4-5-14(16)12(2)11-13/h1,4-5,11H,6-10H2,2H3. The minimum Gasteiger partial charge on any atom is -0.336 e. The molecule has 1 fully saturated rings. The van der Waals surface area contributed by atoms with Gasteiger partial charge in [-0.3, -0.25) is 9.69 Å². The van der Waals surface area contributed by atoms with E-state index in [0.29, 0.717) is 30.8 Å². The molecule has 19 heavy (non-hydrogen) atoms. The third-order valence-electron chi connectivity index (χ3n) is 3.38.